The molecule has 0 saturated carbocycles. The van der Waals surface area contributed by atoms with Crippen LogP contribution in [0.5, 0.6) is 23.0 Å². The van der Waals surface area contributed by atoms with E-state index in [0.29, 0.717) is 0 Å². The lowest BCUT2D eigenvalue weighted by molar-refractivity contribution is 0.476. The predicted molar refractivity (Wildman–Crippen MR) is 260 cm³/mol. The molecule has 0 amide bonds. The maximum Gasteiger partial charge on any atom is 0.151 e. The first-order valence-electron chi connectivity index (χ1n) is 21.2. The standard InChI is InChI=1S/C56H35N5O2S/c1-2-16-40(17-3-1)61-45-20-6-4-18-43(45)57-55(61)38-30-36(32-41(34-38)59-46-21-7-11-25-50(46)62-51-26-12-8-22-47(51)59)37-31-39(56-58-44-19-5-15-29-54(44)64-56)35-42(33-37)60-48-23-9-13-27-52(48)63-53-28-14-10-24-49(53)60/h1-35H. The summed E-state index contributed by atoms with van der Waals surface area (Å²) in [7, 11) is 0. The molecular weight excluding hydrogens is 807 g/mol. The van der Waals surface area contributed by atoms with Gasteiger partial charge in [-0.25, -0.2) is 9.97 Å². The molecule has 4 heterocycles. The maximum absolute atomic E-state index is 6.53. The molecule has 7 nitrogen and oxygen atoms in total. The maximum atomic E-state index is 6.53. The van der Waals surface area contributed by atoms with Crippen molar-refractivity contribution in [3.8, 4) is 61.8 Å². The molecule has 13 rings (SSSR count). The molecule has 2 aliphatic rings. The van der Waals surface area contributed by atoms with Crippen LogP contribution in [0.3, 0.4) is 0 Å². The highest BCUT2D eigenvalue weighted by molar-refractivity contribution is 7.21. The summed E-state index contributed by atoms with van der Waals surface area (Å²) in [6, 6.07) is 73.8. The molecule has 0 bridgehead atoms. The first-order chi connectivity index (χ1) is 31.7. The molecule has 2 aliphatic heterocycles. The van der Waals surface area contributed by atoms with E-state index >= 15 is 0 Å². The third-order valence-corrected chi connectivity index (χ3v) is 13.0. The van der Waals surface area contributed by atoms with Gasteiger partial charge in [0.15, 0.2) is 23.0 Å². The Hall–Kier alpha value is -8.46. The molecule has 0 fully saturated rings. The Morgan fingerprint density at radius 1 is 0.359 bits per heavy atom. The lowest BCUT2D eigenvalue weighted by Gasteiger charge is -2.34. The van der Waals surface area contributed by atoms with Gasteiger partial charge in [0, 0.05) is 28.2 Å². The van der Waals surface area contributed by atoms with Gasteiger partial charge in [0.05, 0.1) is 44.0 Å². The van der Waals surface area contributed by atoms with Crippen molar-refractivity contribution in [2.75, 3.05) is 9.80 Å². The lowest BCUT2D eigenvalue weighted by atomic mass is 9.97. The Morgan fingerprint density at radius 2 is 0.812 bits per heavy atom. The average molecular weight is 842 g/mol. The number of ether oxygens (including phenoxy) is 2. The van der Waals surface area contributed by atoms with Gasteiger partial charge in [0.1, 0.15) is 10.8 Å². The number of imidazole rings is 1. The van der Waals surface area contributed by atoms with E-state index in [1.54, 1.807) is 11.3 Å². The minimum Gasteiger partial charge on any atom is -0.453 e. The zero-order chi connectivity index (χ0) is 42.1. The summed E-state index contributed by atoms with van der Waals surface area (Å²) in [6.45, 7) is 0. The molecule has 2 aromatic heterocycles. The van der Waals surface area contributed by atoms with Crippen LogP contribution in [0.1, 0.15) is 0 Å². The summed E-state index contributed by atoms with van der Waals surface area (Å²) in [5.74, 6) is 4.00. The average Bonchev–Trinajstić information content (AvgIpc) is 3.98. The number of para-hydroxylation sites is 12. The smallest absolute Gasteiger partial charge is 0.151 e. The van der Waals surface area contributed by atoms with Crippen molar-refractivity contribution in [3.63, 3.8) is 0 Å². The van der Waals surface area contributed by atoms with Crippen LogP contribution in [-0.4, -0.2) is 14.5 Å². The number of nitrogens with zero attached hydrogens (tertiary/aromatic N) is 5. The largest absolute Gasteiger partial charge is 0.453 e. The molecule has 64 heavy (non-hydrogen) atoms. The fourth-order valence-corrected chi connectivity index (χ4v) is 10.0. The Morgan fingerprint density at radius 3 is 1.39 bits per heavy atom. The van der Waals surface area contributed by atoms with Crippen LogP contribution in [0.4, 0.5) is 34.1 Å². The molecule has 0 spiro atoms. The van der Waals surface area contributed by atoms with Crippen molar-refractivity contribution in [3.05, 3.63) is 212 Å². The van der Waals surface area contributed by atoms with E-state index in [4.69, 9.17) is 19.4 Å². The van der Waals surface area contributed by atoms with Crippen LogP contribution in [0, 0.1) is 0 Å². The van der Waals surface area contributed by atoms with E-state index in [9.17, 15) is 0 Å². The van der Waals surface area contributed by atoms with Crippen LogP contribution in [-0.2, 0) is 0 Å². The van der Waals surface area contributed by atoms with Gasteiger partial charge in [-0.3, -0.25) is 4.57 Å². The normalized spacial score (nSPS) is 12.6. The van der Waals surface area contributed by atoms with E-state index in [1.165, 1.54) is 0 Å². The number of rotatable bonds is 6. The molecule has 0 radical (unpaired) electrons. The van der Waals surface area contributed by atoms with Crippen LogP contribution >= 0.6 is 11.3 Å². The quantitative estimate of drug-likeness (QED) is 0.166. The molecular formula is C56H35N5O2S. The second-order valence-corrected chi connectivity index (χ2v) is 16.9. The molecule has 302 valence electrons. The first-order valence-corrected chi connectivity index (χ1v) is 22.0. The summed E-state index contributed by atoms with van der Waals surface area (Å²) in [6.07, 6.45) is 0. The highest BCUT2D eigenvalue weighted by Crippen LogP contribution is 2.54. The molecule has 0 N–H and O–H groups in total. The van der Waals surface area contributed by atoms with E-state index < -0.39 is 0 Å². The summed E-state index contributed by atoms with van der Waals surface area (Å²) in [4.78, 5) is 15.2. The summed E-state index contributed by atoms with van der Waals surface area (Å²) in [5.41, 5.74) is 13.7. The van der Waals surface area contributed by atoms with Crippen LogP contribution in [0.25, 0.3) is 60.0 Å². The number of thiazole rings is 1. The highest BCUT2D eigenvalue weighted by atomic mass is 32.1. The zero-order valence-electron chi connectivity index (χ0n) is 34.2. The SMILES string of the molecule is c1ccc(-n2c(-c3cc(-c4cc(-c5nc6ccccc6s5)cc(N5c6ccccc6Oc6ccccc65)c4)cc(N4c5ccccc5Oc5ccccc54)c3)nc3ccccc32)cc1. The van der Waals surface area contributed by atoms with Gasteiger partial charge in [-0.1, -0.05) is 91.0 Å². The van der Waals surface area contributed by atoms with Crippen molar-refractivity contribution in [1.82, 2.24) is 14.5 Å². The van der Waals surface area contributed by atoms with E-state index in [2.05, 4.69) is 172 Å². The van der Waals surface area contributed by atoms with E-state index in [1.807, 2.05) is 54.6 Å². The molecule has 9 aromatic carbocycles. The van der Waals surface area contributed by atoms with Crippen LogP contribution in [0.15, 0.2) is 212 Å². The molecule has 8 heteroatoms. The van der Waals surface area contributed by atoms with Gasteiger partial charge in [-0.2, -0.15) is 0 Å². The first kappa shape index (κ1) is 36.2. The van der Waals surface area contributed by atoms with Crippen molar-refractivity contribution < 1.29 is 9.47 Å². The number of hydrogen-bond acceptors (Lipinski definition) is 7. The van der Waals surface area contributed by atoms with Crippen molar-refractivity contribution in [1.29, 1.82) is 0 Å². The fraction of sp³-hybridized carbons (Fsp3) is 0. The van der Waals surface area contributed by atoms with Gasteiger partial charge < -0.3 is 19.3 Å². The van der Waals surface area contributed by atoms with E-state index in [0.717, 1.165) is 117 Å². The molecule has 0 unspecified atom stereocenters. The number of hydrogen-bond donors (Lipinski definition) is 0. The monoisotopic (exact) mass is 841 g/mol. The Balaban J connectivity index is 1.10. The van der Waals surface area contributed by atoms with Crippen LogP contribution < -0.4 is 19.3 Å². The van der Waals surface area contributed by atoms with Crippen LogP contribution in [0.2, 0.25) is 0 Å². The highest BCUT2D eigenvalue weighted by Gasteiger charge is 2.29. The summed E-state index contributed by atoms with van der Waals surface area (Å²) >= 11 is 1.70. The van der Waals surface area contributed by atoms with Gasteiger partial charge >= 0.3 is 0 Å². The Bertz CT molecular complexity index is 3490. The number of aromatic nitrogens is 3. The van der Waals surface area contributed by atoms with Gasteiger partial charge in [-0.15, -0.1) is 11.3 Å². The van der Waals surface area contributed by atoms with Crippen molar-refractivity contribution in [2.45, 2.75) is 0 Å². The van der Waals surface area contributed by atoms with Gasteiger partial charge in [0.2, 0.25) is 0 Å². The molecule has 0 aliphatic carbocycles. The van der Waals surface area contributed by atoms with Gasteiger partial charge in [0.25, 0.3) is 0 Å². The minimum atomic E-state index is 0.787. The van der Waals surface area contributed by atoms with Crippen molar-refractivity contribution in [2.24, 2.45) is 0 Å². The number of benzene rings is 9. The second kappa shape index (κ2) is 14.6. The van der Waals surface area contributed by atoms with Crippen molar-refractivity contribution >= 4 is 66.7 Å². The lowest BCUT2D eigenvalue weighted by Crippen LogP contribution is -2.16. The third-order valence-electron chi connectivity index (χ3n) is 11.9. The third kappa shape index (κ3) is 5.95. The Kier molecular flexibility index (Phi) is 8.25. The molecule has 0 saturated heterocycles. The van der Waals surface area contributed by atoms with E-state index in [-0.39, 0.29) is 0 Å². The fourth-order valence-electron chi connectivity index (χ4n) is 9.09. The number of fused-ring (bicyclic) bond motifs is 6. The minimum absolute atomic E-state index is 0.787. The number of anilines is 6. The molecule has 11 aromatic rings. The summed E-state index contributed by atoms with van der Waals surface area (Å²) in [5, 5.41) is 0.942. The molecule has 0 atom stereocenters. The predicted octanol–water partition coefficient (Wildman–Crippen LogP) is 15.8. The topological polar surface area (TPSA) is 55.7 Å². The zero-order valence-corrected chi connectivity index (χ0v) is 35.0. The van der Waals surface area contributed by atoms with Gasteiger partial charge in [-0.05, 0) is 132 Å². The summed E-state index contributed by atoms with van der Waals surface area (Å²) < 4.78 is 16.4. The Labute approximate surface area is 372 Å². The second-order valence-electron chi connectivity index (χ2n) is 15.9.